The predicted molar refractivity (Wildman–Crippen MR) is 92.3 cm³/mol. The molecule has 0 atom stereocenters. The van der Waals surface area contributed by atoms with E-state index in [9.17, 15) is 8.78 Å². The van der Waals surface area contributed by atoms with Gasteiger partial charge in [0.2, 0.25) is 5.82 Å². The molecule has 0 unspecified atom stereocenters. The van der Waals surface area contributed by atoms with E-state index in [1.165, 1.54) is 31.7 Å². The monoisotopic (exact) mass is 334 g/mol. The molecule has 0 saturated heterocycles. The molecule has 2 nitrogen and oxygen atoms in total. The number of aromatic hydroxyl groups is 1. The van der Waals surface area contributed by atoms with E-state index in [0.717, 1.165) is 18.9 Å². The Kier molecular flexibility index (Phi) is 7.04. The molecule has 4 heteroatoms. The fourth-order valence-electron chi connectivity index (χ4n) is 2.57. The second-order valence-corrected chi connectivity index (χ2v) is 5.90. The average molecular weight is 334 g/mol. The lowest BCUT2D eigenvalue weighted by molar-refractivity contribution is 0.304. The lowest BCUT2D eigenvalue weighted by Crippen LogP contribution is -1.97. The van der Waals surface area contributed by atoms with E-state index in [1.807, 2.05) is 0 Å². The Hall–Kier alpha value is -2.10. The summed E-state index contributed by atoms with van der Waals surface area (Å²) in [7, 11) is 0. The van der Waals surface area contributed by atoms with E-state index in [4.69, 9.17) is 9.84 Å². The van der Waals surface area contributed by atoms with Gasteiger partial charge >= 0.3 is 0 Å². The Morgan fingerprint density at radius 3 is 2.21 bits per heavy atom. The molecule has 0 aromatic heterocycles. The van der Waals surface area contributed by atoms with E-state index in [1.54, 1.807) is 24.3 Å². The van der Waals surface area contributed by atoms with Gasteiger partial charge in [-0.15, -0.1) is 0 Å². The number of hydrogen-bond donors (Lipinski definition) is 1. The minimum Gasteiger partial charge on any atom is -0.505 e. The summed E-state index contributed by atoms with van der Waals surface area (Å²) in [5, 5.41) is 9.17. The van der Waals surface area contributed by atoms with Crippen molar-refractivity contribution in [3.63, 3.8) is 0 Å². The molecular formula is C20H24F2O2. The molecule has 130 valence electrons. The molecule has 2 aromatic rings. The Bertz CT molecular complexity index is 639. The fraction of sp³-hybridized carbons (Fsp3) is 0.400. The maximum atomic E-state index is 13.9. The molecule has 24 heavy (non-hydrogen) atoms. The third-order valence-electron chi connectivity index (χ3n) is 3.99. The summed E-state index contributed by atoms with van der Waals surface area (Å²) >= 11 is 0. The lowest BCUT2D eigenvalue weighted by atomic mass is 10.0. The normalized spacial score (nSPS) is 10.8. The molecule has 0 bridgehead atoms. The number of phenolic OH excluding ortho intramolecular Hbond substituents is 1. The Morgan fingerprint density at radius 1 is 0.833 bits per heavy atom. The zero-order valence-electron chi connectivity index (χ0n) is 14.0. The number of phenols is 1. The van der Waals surface area contributed by atoms with Gasteiger partial charge in [0.25, 0.3) is 0 Å². The van der Waals surface area contributed by atoms with Crippen LogP contribution < -0.4 is 4.74 Å². The summed E-state index contributed by atoms with van der Waals surface area (Å²) in [5.41, 5.74) is 0.658. The molecule has 0 fully saturated rings. The Labute approximate surface area is 142 Å². The first-order valence-corrected chi connectivity index (χ1v) is 8.53. The van der Waals surface area contributed by atoms with Crippen LogP contribution in [-0.4, -0.2) is 11.7 Å². The number of benzene rings is 2. The predicted octanol–water partition coefficient (Wildman–Crippen LogP) is 6.08. The van der Waals surface area contributed by atoms with Crippen LogP contribution in [0.1, 0.15) is 45.4 Å². The van der Waals surface area contributed by atoms with Crippen LogP contribution in [0.5, 0.6) is 11.5 Å². The highest BCUT2D eigenvalue weighted by Crippen LogP contribution is 2.30. The van der Waals surface area contributed by atoms with Gasteiger partial charge in [-0.2, -0.15) is 4.39 Å². The SMILES string of the molecule is CCCCCCCCOc1ccc(-c2ccc(O)c(F)c2F)cc1. The second kappa shape index (κ2) is 9.26. The third-order valence-corrected chi connectivity index (χ3v) is 3.99. The van der Waals surface area contributed by atoms with Crippen molar-refractivity contribution in [1.29, 1.82) is 0 Å². The number of rotatable bonds is 9. The minimum atomic E-state index is -1.23. The summed E-state index contributed by atoms with van der Waals surface area (Å²) < 4.78 is 33.0. The summed E-state index contributed by atoms with van der Waals surface area (Å²) in [6, 6.07) is 9.38. The lowest BCUT2D eigenvalue weighted by Gasteiger charge is -2.09. The van der Waals surface area contributed by atoms with Gasteiger partial charge in [-0.05, 0) is 36.2 Å². The maximum Gasteiger partial charge on any atom is 0.200 e. The van der Waals surface area contributed by atoms with E-state index < -0.39 is 17.4 Å². The zero-order valence-corrected chi connectivity index (χ0v) is 14.0. The second-order valence-electron chi connectivity index (χ2n) is 5.90. The smallest absolute Gasteiger partial charge is 0.200 e. The fourth-order valence-corrected chi connectivity index (χ4v) is 2.57. The van der Waals surface area contributed by atoms with Crippen LogP contribution in [0.3, 0.4) is 0 Å². The van der Waals surface area contributed by atoms with E-state index in [2.05, 4.69) is 6.92 Å². The highest BCUT2D eigenvalue weighted by Gasteiger charge is 2.14. The summed E-state index contributed by atoms with van der Waals surface area (Å²) in [6.45, 7) is 2.86. The van der Waals surface area contributed by atoms with Crippen molar-refractivity contribution in [2.75, 3.05) is 6.61 Å². The number of hydrogen-bond acceptors (Lipinski definition) is 2. The van der Waals surface area contributed by atoms with Crippen LogP contribution >= 0.6 is 0 Å². The number of ether oxygens (including phenoxy) is 1. The van der Waals surface area contributed by atoms with E-state index in [-0.39, 0.29) is 5.56 Å². The average Bonchev–Trinajstić information content (AvgIpc) is 2.60. The van der Waals surface area contributed by atoms with Crippen LogP contribution in [0, 0.1) is 11.6 Å². The topological polar surface area (TPSA) is 29.5 Å². The molecule has 0 amide bonds. The van der Waals surface area contributed by atoms with Crippen LogP contribution in [0.25, 0.3) is 11.1 Å². The zero-order chi connectivity index (χ0) is 17.4. The van der Waals surface area contributed by atoms with Crippen molar-refractivity contribution in [1.82, 2.24) is 0 Å². The van der Waals surface area contributed by atoms with Gasteiger partial charge in [0.15, 0.2) is 11.6 Å². The molecule has 0 aliphatic carbocycles. The van der Waals surface area contributed by atoms with Gasteiger partial charge < -0.3 is 9.84 Å². The van der Waals surface area contributed by atoms with Gasteiger partial charge in [0, 0.05) is 5.56 Å². The van der Waals surface area contributed by atoms with Crippen molar-refractivity contribution in [2.45, 2.75) is 45.4 Å². The molecule has 0 spiro atoms. The summed E-state index contributed by atoms with van der Waals surface area (Å²) in [4.78, 5) is 0. The van der Waals surface area contributed by atoms with Crippen molar-refractivity contribution < 1.29 is 18.6 Å². The summed E-state index contributed by atoms with van der Waals surface area (Å²) in [5.74, 6) is -2.24. The minimum absolute atomic E-state index is 0.118. The maximum absolute atomic E-state index is 13.9. The van der Waals surface area contributed by atoms with Crippen molar-refractivity contribution in [3.8, 4) is 22.6 Å². The van der Waals surface area contributed by atoms with Crippen LogP contribution in [0.4, 0.5) is 8.78 Å². The largest absolute Gasteiger partial charge is 0.505 e. The van der Waals surface area contributed by atoms with Gasteiger partial charge in [0.1, 0.15) is 5.75 Å². The number of unbranched alkanes of at least 4 members (excludes halogenated alkanes) is 5. The quantitative estimate of drug-likeness (QED) is 0.563. The molecule has 0 aliphatic heterocycles. The highest BCUT2D eigenvalue weighted by atomic mass is 19.2. The van der Waals surface area contributed by atoms with Crippen LogP contribution in [0.2, 0.25) is 0 Å². The molecule has 0 heterocycles. The van der Waals surface area contributed by atoms with Crippen LogP contribution in [-0.2, 0) is 0 Å². The van der Waals surface area contributed by atoms with Gasteiger partial charge in [-0.1, -0.05) is 51.2 Å². The third kappa shape index (κ3) is 4.95. The first-order valence-electron chi connectivity index (χ1n) is 8.53. The van der Waals surface area contributed by atoms with E-state index >= 15 is 0 Å². The molecule has 2 rings (SSSR count). The van der Waals surface area contributed by atoms with Gasteiger partial charge in [0.05, 0.1) is 6.61 Å². The molecule has 1 N–H and O–H groups in total. The molecule has 0 saturated carbocycles. The van der Waals surface area contributed by atoms with Crippen molar-refractivity contribution in [2.24, 2.45) is 0 Å². The Morgan fingerprint density at radius 2 is 1.50 bits per heavy atom. The van der Waals surface area contributed by atoms with Crippen LogP contribution in [0.15, 0.2) is 36.4 Å². The van der Waals surface area contributed by atoms with Gasteiger partial charge in [-0.25, -0.2) is 4.39 Å². The van der Waals surface area contributed by atoms with E-state index in [0.29, 0.717) is 17.9 Å². The van der Waals surface area contributed by atoms with Gasteiger partial charge in [-0.3, -0.25) is 0 Å². The van der Waals surface area contributed by atoms with Crippen molar-refractivity contribution in [3.05, 3.63) is 48.0 Å². The Balaban J connectivity index is 1.86. The highest BCUT2D eigenvalue weighted by molar-refractivity contribution is 5.65. The summed E-state index contributed by atoms with van der Waals surface area (Å²) in [6.07, 6.45) is 7.23. The molecular weight excluding hydrogens is 310 g/mol. The van der Waals surface area contributed by atoms with Crippen molar-refractivity contribution >= 4 is 0 Å². The first kappa shape index (κ1) is 18.2. The number of halogens is 2. The first-order chi connectivity index (χ1) is 11.6. The molecule has 0 radical (unpaired) electrons. The molecule has 0 aliphatic rings. The molecule has 2 aromatic carbocycles. The standard InChI is InChI=1S/C20H24F2O2/c1-2-3-4-5-6-7-14-24-16-10-8-15(9-11-16)17-12-13-18(23)20(22)19(17)21/h8-13,23H,2-7,14H2,1H3.